The van der Waals surface area contributed by atoms with Crippen molar-refractivity contribution < 1.29 is 19.8 Å². The average Bonchev–Trinajstić information content (AvgIpc) is 2.49. The van der Waals surface area contributed by atoms with Crippen molar-refractivity contribution in [2.75, 3.05) is 0 Å². The third kappa shape index (κ3) is 13.6. The van der Waals surface area contributed by atoms with Crippen molar-refractivity contribution in [1.29, 1.82) is 0 Å². The molecule has 0 heterocycles. The van der Waals surface area contributed by atoms with Gasteiger partial charge in [0.25, 0.3) is 0 Å². The maximum Gasteiger partial charge on any atom is 0.303 e. The van der Waals surface area contributed by atoms with Crippen LogP contribution in [-0.2, 0) is 9.59 Å². The fraction of sp³-hybridized carbons (Fsp3) is 0.667. The average molecular weight is 310 g/mol. The van der Waals surface area contributed by atoms with Gasteiger partial charge in [-0.15, -0.1) is 0 Å². The van der Waals surface area contributed by atoms with Crippen LogP contribution in [0, 0.1) is 0 Å². The zero-order chi connectivity index (χ0) is 16.6. The minimum atomic E-state index is -0.981. The Balaban J connectivity index is 3.56. The quantitative estimate of drug-likeness (QED) is 0.375. The molecule has 1 unspecified atom stereocenters. The summed E-state index contributed by atoms with van der Waals surface area (Å²) in [6.45, 7) is 2.04. The first-order valence-corrected chi connectivity index (χ1v) is 8.32. The zero-order valence-corrected chi connectivity index (χ0v) is 13.7. The molecule has 22 heavy (non-hydrogen) atoms. The molecule has 0 fully saturated rings. The number of Topliss-reactive ketones (excluding diaryl/α,β-unsaturated/α-hetero) is 1. The van der Waals surface area contributed by atoms with Gasteiger partial charge in [0.1, 0.15) is 6.10 Å². The molecule has 0 amide bonds. The molecule has 0 aliphatic rings. The topological polar surface area (TPSA) is 74.6 Å². The summed E-state index contributed by atoms with van der Waals surface area (Å²) in [6.07, 6.45) is 14.4. The number of carbonyl (C=O) groups excluding carboxylic acids is 1. The maximum absolute atomic E-state index is 11.6. The number of carbonyl (C=O) groups is 2. The van der Waals surface area contributed by atoms with Crippen LogP contribution in [0.2, 0.25) is 0 Å². The lowest BCUT2D eigenvalue weighted by Gasteiger charge is -2.03. The zero-order valence-electron chi connectivity index (χ0n) is 13.7. The van der Waals surface area contributed by atoms with Crippen LogP contribution in [0.15, 0.2) is 24.3 Å². The number of unbranched alkanes of at least 4 members (excludes halogenated alkanes) is 5. The molecule has 0 spiro atoms. The van der Waals surface area contributed by atoms with Gasteiger partial charge in [-0.2, -0.15) is 0 Å². The first kappa shape index (κ1) is 20.6. The van der Waals surface area contributed by atoms with Gasteiger partial charge >= 0.3 is 5.97 Å². The second-order valence-electron chi connectivity index (χ2n) is 5.46. The van der Waals surface area contributed by atoms with Gasteiger partial charge in [-0.05, 0) is 32.1 Å². The molecule has 0 saturated heterocycles. The van der Waals surface area contributed by atoms with Gasteiger partial charge in [0.05, 0.1) is 0 Å². The van der Waals surface area contributed by atoms with Crippen molar-refractivity contribution >= 4 is 11.8 Å². The summed E-state index contributed by atoms with van der Waals surface area (Å²) < 4.78 is 0. The van der Waals surface area contributed by atoms with Gasteiger partial charge in [0, 0.05) is 12.8 Å². The fourth-order valence-electron chi connectivity index (χ4n) is 2.06. The van der Waals surface area contributed by atoms with E-state index in [-0.39, 0.29) is 12.2 Å². The highest BCUT2D eigenvalue weighted by Gasteiger charge is 2.09. The maximum atomic E-state index is 11.6. The Kier molecular flexibility index (Phi) is 13.6. The largest absolute Gasteiger partial charge is 0.481 e. The molecule has 126 valence electrons. The third-order valence-corrected chi connectivity index (χ3v) is 3.37. The van der Waals surface area contributed by atoms with Gasteiger partial charge in [-0.1, -0.05) is 50.5 Å². The van der Waals surface area contributed by atoms with Crippen LogP contribution in [0.5, 0.6) is 0 Å². The predicted molar refractivity (Wildman–Crippen MR) is 88.8 cm³/mol. The first-order chi connectivity index (χ1) is 10.6. The van der Waals surface area contributed by atoms with Crippen LogP contribution < -0.4 is 0 Å². The lowest BCUT2D eigenvalue weighted by atomic mass is 10.1. The van der Waals surface area contributed by atoms with Crippen molar-refractivity contribution in [1.82, 2.24) is 0 Å². The van der Waals surface area contributed by atoms with E-state index in [1.54, 1.807) is 6.08 Å². The fourth-order valence-corrected chi connectivity index (χ4v) is 2.06. The highest BCUT2D eigenvalue weighted by Crippen LogP contribution is 2.08. The number of hydrogen-bond acceptors (Lipinski definition) is 3. The number of hydrogen-bond donors (Lipinski definition) is 2. The highest BCUT2D eigenvalue weighted by atomic mass is 16.4. The number of ketones is 1. The minimum Gasteiger partial charge on any atom is -0.481 e. The smallest absolute Gasteiger partial charge is 0.303 e. The van der Waals surface area contributed by atoms with Gasteiger partial charge in [0.15, 0.2) is 5.78 Å². The third-order valence-electron chi connectivity index (χ3n) is 3.37. The van der Waals surface area contributed by atoms with Gasteiger partial charge in [-0.25, -0.2) is 0 Å². The summed E-state index contributed by atoms with van der Waals surface area (Å²) in [7, 11) is 0. The van der Waals surface area contributed by atoms with E-state index in [1.807, 2.05) is 25.2 Å². The van der Waals surface area contributed by atoms with Gasteiger partial charge in [0.2, 0.25) is 0 Å². The number of rotatable bonds is 14. The van der Waals surface area contributed by atoms with Crippen molar-refractivity contribution in [2.24, 2.45) is 0 Å². The van der Waals surface area contributed by atoms with Crippen molar-refractivity contribution in [2.45, 2.75) is 77.2 Å². The number of carboxylic acids is 1. The lowest BCUT2D eigenvalue weighted by molar-refractivity contribution is -0.137. The van der Waals surface area contributed by atoms with E-state index in [0.29, 0.717) is 12.8 Å². The summed E-state index contributed by atoms with van der Waals surface area (Å²) in [5.41, 5.74) is 0. The Morgan fingerprint density at radius 2 is 1.59 bits per heavy atom. The lowest BCUT2D eigenvalue weighted by Crippen LogP contribution is -2.16. The van der Waals surface area contributed by atoms with E-state index in [9.17, 15) is 14.7 Å². The molecule has 4 heteroatoms. The number of aliphatic hydroxyl groups excluding tert-OH is 1. The Morgan fingerprint density at radius 1 is 0.909 bits per heavy atom. The van der Waals surface area contributed by atoms with Crippen molar-refractivity contribution in [3.63, 3.8) is 0 Å². The van der Waals surface area contributed by atoms with E-state index < -0.39 is 12.1 Å². The Hall–Kier alpha value is -1.42. The molecule has 4 nitrogen and oxygen atoms in total. The van der Waals surface area contributed by atoms with Gasteiger partial charge < -0.3 is 10.2 Å². The molecule has 0 radical (unpaired) electrons. The molecule has 0 aliphatic heterocycles. The monoisotopic (exact) mass is 310 g/mol. The Morgan fingerprint density at radius 3 is 2.27 bits per heavy atom. The normalized spacial score (nSPS) is 13.0. The minimum absolute atomic E-state index is 0.134. The van der Waals surface area contributed by atoms with Crippen LogP contribution in [0.1, 0.15) is 71.1 Å². The summed E-state index contributed by atoms with van der Waals surface area (Å²) >= 11 is 0. The number of carboxylic acid groups (broad SMARTS) is 1. The van der Waals surface area contributed by atoms with Crippen LogP contribution in [0.25, 0.3) is 0 Å². The van der Waals surface area contributed by atoms with Crippen LogP contribution in [-0.4, -0.2) is 28.1 Å². The summed E-state index contributed by atoms with van der Waals surface area (Å²) in [6, 6.07) is 0. The van der Waals surface area contributed by atoms with Crippen LogP contribution in [0.4, 0.5) is 0 Å². The standard InChI is InChI=1S/C18H30O4/c1-2-3-4-10-13-16(19)17(20)14-11-8-6-5-7-9-12-15-18(21)22/h3-4,11,14,17,20H,2,5-10,12-13,15H2,1H3,(H,21,22)/b4-3-,14-11-. The second kappa shape index (κ2) is 14.5. The molecular weight excluding hydrogens is 280 g/mol. The molecule has 0 aromatic carbocycles. The highest BCUT2D eigenvalue weighted by molar-refractivity contribution is 5.84. The van der Waals surface area contributed by atoms with Crippen molar-refractivity contribution in [3.8, 4) is 0 Å². The first-order valence-electron chi connectivity index (χ1n) is 8.32. The van der Waals surface area contributed by atoms with Gasteiger partial charge in [-0.3, -0.25) is 9.59 Å². The number of aliphatic carboxylic acids is 1. The molecule has 0 rings (SSSR count). The van der Waals surface area contributed by atoms with E-state index in [1.165, 1.54) is 0 Å². The Labute approximate surface area is 133 Å². The Bertz CT molecular complexity index is 358. The van der Waals surface area contributed by atoms with Crippen LogP contribution >= 0.6 is 0 Å². The summed E-state index contributed by atoms with van der Waals surface area (Å²) in [4.78, 5) is 21.9. The number of allylic oxidation sites excluding steroid dienone is 3. The second-order valence-corrected chi connectivity index (χ2v) is 5.46. The van der Waals surface area contributed by atoms with E-state index in [2.05, 4.69) is 0 Å². The predicted octanol–water partition coefficient (Wildman–Crippen LogP) is 4.03. The number of aliphatic hydroxyl groups is 1. The SMILES string of the molecule is CC/C=C\CCC(=O)C(O)/C=C\CCCCCCCC(=O)O. The molecule has 0 bridgehead atoms. The van der Waals surface area contributed by atoms with Crippen LogP contribution in [0.3, 0.4) is 0 Å². The molecule has 0 aromatic rings. The van der Waals surface area contributed by atoms with E-state index >= 15 is 0 Å². The molecule has 0 aromatic heterocycles. The van der Waals surface area contributed by atoms with E-state index in [0.717, 1.165) is 44.9 Å². The summed E-state index contributed by atoms with van der Waals surface area (Å²) in [5.74, 6) is -0.863. The van der Waals surface area contributed by atoms with Crippen molar-refractivity contribution in [3.05, 3.63) is 24.3 Å². The molecule has 2 N–H and O–H groups in total. The molecule has 0 saturated carbocycles. The molecule has 0 aliphatic carbocycles. The molecular formula is C18H30O4. The molecule has 1 atom stereocenters. The summed E-state index contributed by atoms with van der Waals surface area (Å²) in [5, 5.41) is 18.2. The van der Waals surface area contributed by atoms with E-state index in [4.69, 9.17) is 5.11 Å².